The van der Waals surface area contributed by atoms with Gasteiger partial charge < -0.3 is 5.73 Å². The summed E-state index contributed by atoms with van der Waals surface area (Å²) in [5, 5.41) is 4.38. The molecule has 2 rings (SSSR count). The highest BCUT2D eigenvalue weighted by Gasteiger charge is 2.11. The van der Waals surface area contributed by atoms with Crippen LogP contribution < -0.4 is 11.2 Å². The Morgan fingerprint density at radius 1 is 1.28 bits per heavy atom. The molecule has 0 aliphatic rings. The summed E-state index contributed by atoms with van der Waals surface area (Å²) in [6.45, 7) is 5.65. The van der Waals surface area contributed by atoms with Crippen molar-refractivity contribution in [2.45, 2.75) is 26.8 Å². The van der Waals surface area contributed by atoms with Gasteiger partial charge in [0.2, 0.25) is 5.43 Å². The van der Waals surface area contributed by atoms with E-state index in [0.29, 0.717) is 5.69 Å². The van der Waals surface area contributed by atoms with Crippen molar-refractivity contribution < 1.29 is 0 Å². The molecule has 0 radical (unpaired) electrons. The van der Waals surface area contributed by atoms with Crippen LogP contribution in [0.15, 0.2) is 35.1 Å². The second-order valence-corrected chi connectivity index (χ2v) is 4.52. The maximum Gasteiger partial charge on any atom is 0.205 e. The molecule has 1 aromatic heterocycles. The van der Waals surface area contributed by atoms with Gasteiger partial charge in [0.05, 0.1) is 5.69 Å². The zero-order valence-corrected chi connectivity index (χ0v) is 10.8. The molecule has 2 N–H and O–H groups in total. The van der Waals surface area contributed by atoms with Gasteiger partial charge in [-0.1, -0.05) is 18.2 Å². The topological polar surface area (TPSA) is 60.9 Å². The maximum absolute atomic E-state index is 11.8. The first kappa shape index (κ1) is 12.5. The van der Waals surface area contributed by atoms with Crippen LogP contribution in [0.25, 0.3) is 5.69 Å². The first-order valence-corrected chi connectivity index (χ1v) is 5.93. The lowest BCUT2D eigenvalue weighted by Gasteiger charge is -2.14. The number of hydrogen-bond donors (Lipinski definition) is 1. The zero-order valence-electron chi connectivity index (χ0n) is 10.8. The molecule has 18 heavy (non-hydrogen) atoms. The molecule has 0 bridgehead atoms. The molecule has 0 saturated carbocycles. The maximum atomic E-state index is 11.8. The van der Waals surface area contributed by atoms with E-state index in [2.05, 4.69) is 5.10 Å². The Morgan fingerprint density at radius 2 is 1.94 bits per heavy atom. The van der Waals surface area contributed by atoms with E-state index < -0.39 is 0 Å². The predicted molar refractivity (Wildman–Crippen MR) is 71.9 cm³/mol. The van der Waals surface area contributed by atoms with Gasteiger partial charge in [-0.05, 0) is 32.4 Å². The highest BCUT2D eigenvalue weighted by atomic mass is 16.1. The number of nitrogens with zero attached hydrogens (tertiary/aromatic N) is 2. The average molecular weight is 243 g/mol. The van der Waals surface area contributed by atoms with Gasteiger partial charge in [-0.25, -0.2) is 4.68 Å². The minimum atomic E-state index is -0.367. The van der Waals surface area contributed by atoms with E-state index in [1.54, 1.807) is 17.7 Å². The van der Waals surface area contributed by atoms with Crippen molar-refractivity contribution in [3.8, 4) is 5.69 Å². The lowest BCUT2D eigenvalue weighted by atomic mass is 10.2. The summed E-state index contributed by atoms with van der Waals surface area (Å²) in [6.07, 6.45) is 0. The van der Waals surface area contributed by atoms with Gasteiger partial charge in [0.1, 0.15) is 5.69 Å². The molecule has 1 aromatic carbocycles. The summed E-state index contributed by atoms with van der Waals surface area (Å²) in [6, 6.07) is 9.13. The second-order valence-electron chi connectivity index (χ2n) is 4.52. The predicted octanol–water partition coefficient (Wildman–Crippen LogP) is 1.87. The Labute approximate surface area is 106 Å². The van der Waals surface area contributed by atoms with Crippen molar-refractivity contribution in [3.63, 3.8) is 0 Å². The molecule has 0 aliphatic carbocycles. The molecular formula is C14H17N3O. The van der Waals surface area contributed by atoms with Gasteiger partial charge in [0, 0.05) is 17.8 Å². The smallest absolute Gasteiger partial charge is 0.205 e. The number of para-hydroxylation sites is 1. The summed E-state index contributed by atoms with van der Waals surface area (Å²) < 4.78 is 1.77. The number of hydrogen-bond acceptors (Lipinski definition) is 3. The number of benzene rings is 1. The molecule has 4 nitrogen and oxygen atoms in total. The summed E-state index contributed by atoms with van der Waals surface area (Å²) in [4.78, 5) is 11.8. The van der Waals surface area contributed by atoms with Gasteiger partial charge >= 0.3 is 0 Å². The third-order valence-electron chi connectivity index (χ3n) is 2.91. The lowest BCUT2D eigenvalue weighted by molar-refractivity contribution is 0.685. The van der Waals surface area contributed by atoms with Crippen LogP contribution in [-0.4, -0.2) is 9.78 Å². The summed E-state index contributed by atoms with van der Waals surface area (Å²) in [5.74, 6) is 0. The molecule has 1 atom stereocenters. The van der Waals surface area contributed by atoms with Crippen LogP contribution in [0.4, 0.5) is 0 Å². The quantitative estimate of drug-likeness (QED) is 0.875. The molecule has 94 valence electrons. The largest absolute Gasteiger partial charge is 0.323 e. The third-order valence-corrected chi connectivity index (χ3v) is 2.91. The van der Waals surface area contributed by atoms with Crippen molar-refractivity contribution in [1.82, 2.24) is 9.78 Å². The number of nitrogens with two attached hydrogens (primary N) is 1. The van der Waals surface area contributed by atoms with E-state index in [-0.39, 0.29) is 11.5 Å². The Hall–Kier alpha value is -1.94. The van der Waals surface area contributed by atoms with Crippen molar-refractivity contribution in [1.29, 1.82) is 0 Å². The van der Waals surface area contributed by atoms with Crippen LogP contribution in [0.5, 0.6) is 0 Å². The van der Waals surface area contributed by atoms with E-state index >= 15 is 0 Å². The van der Waals surface area contributed by atoms with E-state index in [1.807, 2.05) is 38.1 Å². The zero-order chi connectivity index (χ0) is 13.3. The summed E-state index contributed by atoms with van der Waals surface area (Å²) in [5.41, 5.74) is 8.94. The Morgan fingerprint density at radius 3 is 2.56 bits per heavy atom. The highest BCUT2D eigenvalue weighted by molar-refractivity contribution is 5.40. The van der Waals surface area contributed by atoms with Gasteiger partial charge in [-0.15, -0.1) is 0 Å². The van der Waals surface area contributed by atoms with Crippen LogP contribution in [0.2, 0.25) is 0 Å². The number of aromatic nitrogens is 2. The summed E-state index contributed by atoms with van der Waals surface area (Å²) in [7, 11) is 0. The van der Waals surface area contributed by atoms with Crippen LogP contribution in [0, 0.1) is 13.8 Å². The molecule has 0 aliphatic heterocycles. The van der Waals surface area contributed by atoms with Crippen molar-refractivity contribution in [2.24, 2.45) is 5.73 Å². The van der Waals surface area contributed by atoms with Crippen LogP contribution in [0.1, 0.15) is 29.9 Å². The van der Waals surface area contributed by atoms with Gasteiger partial charge in [-0.3, -0.25) is 4.79 Å². The van der Waals surface area contributed by atoms with Gasteiger partial charge in [0.25, 0.3) is 0 Å². The second kappa shape index (κ2) is 4.74. The molecule has 1 heterocycles. The monoisotopic (exact) mass is 243 g/mol. The summed E-state index contributed by atoms with van der Waals surface area (Å²) >= 11 is 0. The van der Waals surface area contributed by atoms with E-state index in [1.165, 1.54) is 0 Å². The van der Waals surface area contributed by atoms with Gasteiger partial charge in [0.15, 0.2) is 0 Å². The fraction of sp³-hybridized carbons (Fsp3) is 0.286. The first-order valence-electron chi connectivity index (χ1n) is 5.93. The number of aryl methyl sites for hydroxylation is 2. The minimum Gasteiger partial charge on any atom is -0.323 e. The van der Waals surface area contributed by atoms with E-state index in [9.17, 15) is 4.79 Å². The van der Waals surface area contributed by atoms with Crippen molar-refractivity contribution in [2.75, 3.05) is 0 Å². The lowest BCUT2D eigenvalue weighted by Crippen LogP contribution is -2.24. The van der Waals surface area contributed by atoms with Crippen LogP contribution >= 0.6 is 0 Å². The molecule has 0 fully saturated rings. The highest BCUT2D eigenvalue weighted by Crippen LogP contribution is 2.14. The Bertz CT molecular complexity index is 629. The van der Waals surface area contributed by atoms with Crippen LogP contribution in [0.3, 0.4) is 0 Å². The van der Waals surface area contributed by atoms with Crippen LogP contribution in [-0.2, 0) is 0 Å². The Balaban J connectivity index is 2.69. The van der Waals surface area contributed by atoms with Crippen molar-refractivity contribution in [3.05, 3.63) is 57.5 Å². The molecule has 0 saturated heterocycles. The average Bonchev–Trinajstić information content (AvgIpc) is 2.30. The fourth-order valence-corrected chi connectivity index (χ4v) is 1.92. The van der Waals surface area contributed by atoms with E-state index in [0.717, 1.165) is 16.9 Å². The first-order chi connectivity index (χ1) is 8.50. The molecule has 4 heteroatoms. The molecular weight excluding hydrogens is 226 g/mol. The fourth-order valence-electron chi connectivity index (χ4n) is 1.92. The van der Waals surface area contributed by atoms with E-state index in [4.69, 9.17) is 5.73 Å². The SMILES string of the molecule is Cc1ccccc1-n1nc(C(C)N)c(=O)cc1C. The van der Waals surface area contributed by atoms with Gasteiger partial charge in [-0.2, -0.15) is 5.10 Å². The molecule has 0 amide bonds. The number of rotatable bonds is 2. The molecule has 0 spiro atoms. The molecule has 2 aromatic rings. The standard InChI is InChI=1S/C14H17N3O/c1-9-6-4-5-7-12(9)17-10(2)8-13(18)14(16-17)11(3)15/h4-8,11H,15H2,1-3H3. The molecule has 1 unspecified atom stereocenters. The normalized spacial score (nSPS) is 12.4. The minimum absolute atomic E-state index is 0.104. The third kappa shape index (κ3) is 2.19. The van der Waals surface area contributed by atoms with Crippen molar-refractivity contribution >= 4 is 0 Å². The Kier molecular flexibility index (Phi) is 3.30.